The molecule has 0 fully saturated rings. The van der Waals surface area contributed by atoms with E-state index in [-0.39, 0.29) is 5.82 Å². The molecule has 0 aliphatic rings. The minimum atomic E-state index is -0.268. The first-order chi connectivity index (χ1) is 7.09. The van der Waals surface area contributed by atoms with Gasteiger partial charge in [0.15, 0.2) is 5.82 Å². The van der Waals surface area contributed by atoms with Gasteiger partial charge in [-0.3, -0.25) is 4.68 Å². The van der Waals surface area contributed by atoms with Crippen LogP contribution in [0.4, 0.5) is 10.2 Å². The highest BCUT2D eigenvalue weighted by Gasteiger charge is 2.12. The maximum Gasteiger partial charge on any atom is 0.153 e. The van der Waals surface area contributed by atoms with Gasteiger partial charge in [0.25, 0.3) is 0 Å². The van der Waals surface area contributed by atoms with Gasteiger partial charge in [-0.1, -0.05) is 12.1 Å². The molecule has 0 spiro atoms. The average Bonchev–Trinajstić information content (AvgIpc) is 2.41. The van der Waals surface area contributed by atoms with E-state index in [0.717, 1.165) is 16.8 Å². The Morgan fingerprint density at radius 3 is 2.67 bits per heavy atom. The largest absolute Gasteiger partial charge is 0.382 e. The molecule has 1 aromatic carbocycles. The van der Waals surface area contributed by atoms with Gasteiger partial charge in [-0.2, -0.15) is 5.10 Å². The molecule has 4 heteroatoms. The zero-order valence-corrected chi connectivity index (χ0v) is 8.66. The number of rotatable bonds is 1. The molecule has 78 valence electrons. The van der Waals surface area contributed by atoms with E-state index in [1.165, 1.54) is 12.1 Å². The predicted molar refractivity (Wildman–Crippen MR) is 57.8 cm³/mol. The second-order valence-corrected chi connectivity index (χ2v) is 3.48. The van der Waals surface area contributed by atoms with Crippen molar-refractivity contribution in [3.63, 3.8) is 0 Å². The normalized spacial score (nSPS) is 10.6. The van der Waals surface area contributed by atoms with E-state index in [9.17, 15) is 4.39 Å². The minimum Gasteiger partial charge on any atom is -0.382 e. The molecule has 0 bridgehead atoms. The fraction of sp³-hybridized carbons (Fsp3) is 0.182. The van der Waals surface area contributed by atoms with Crippen LogP contribution in [-0.4, -0.2) is 9.78 Å². The van der Waals surface area contributed by atoms with E-state index >= 15 is 0 Å². The standard InChI is InChI=1S/C11H12FN3/c1-7-10(11(13)14-15(7)2)8-4-3-5-9(12)6-8/h3-6H,1-2H3,(H2,13,14). The number of aryl methyl sites for hydroxylation is 1. The van der Waals surface area contributed by atoms with Crippen molar-refractivity contribution in [2.45, 2.75) is 6.92 Å². The Morgan fingerprint density at radius 1 is 1.40 bits per heavy atom. The van der Waals surface area contributed by atoms with Crippen LogP contribution in [0, 0.1) is 12.7 Å². The second-order valence-electron chi connectivity index (χ2n) is 3.48. The smallest absolute Gasteiger partial charge is 0.153 e. The summed E-state index contributed by atoms with van der Waals surface area (Å²) >= 11 is 0. The first-order valence-electron chi connectivity index (χ1n) is 4.64. The van der Waals surface area contributed by atoms with Gasteiger partial charge < -0.3 is 5.73 Å². The zero-order valence-electron chi connectivity index (χ0n) is 8.66. The van der Waals surface area contributed by atoms with Gasteiger partial charge in [-0.05, 0) is 24.6 Å². The number of benzene rings is 1. The number of nitrogens with two attached hydrogens (primary N) is 1. The molecule has 2 aromatic rings. The monoisotopic (exact) mass is 205 g/mol. The van der Waals surface area contributed by atoms with Crippen molar-refractivity contribution in [3.8, 4) is 11.1 Å². The average molecular weight is 205 g/mol. The number of nitrogens with zero attached hydrogens (tertiary/aromatic N) is 2. The number of nitrogen functional groups attached to an aromatic ring is 1. The van der Waals surface area contributed by atoms with Crippen LogP contribution >= 0.6 is 0 Å². The number of aromatic nitrogens is 2. The van der Waals surface area contributed by atoms with Gasteiger partial charge in [0.1, 0.15) is 5.82 Å². The van der Waals surface area contributed by atoms with Gasteiger partial charge in [-0.15, -0.1) is 0 Å². The third-order valence-corrected chi connectivity index (χ3v) is 2.47. The van der Waals surface area contributed by atoms with Crippen molar-refractivity contribution in [2.75, 3.05) is 5.73 Å². The van der Waals surface area contributed by atoms with E-state index in [0.29, 0.717) is 5.82 Å². The lowest BCUT2D eigenvalue weighted by Crippen LogP contribution is -1.93. The lowest BCUT2D eigenvalue weighted by atomic mass is 10.1. The Balaban J connectivity index is 2.63. The molecule has 0 amide bonds. The molecule has 2 N–H and O–H groups in total. The van der Waals surface area contributed by atoms with Gasteiger partial charge >= 0.3 is 0 Å². The van der Waals surface area contributed by atoms with E-state index in [4.69, 9.17) is 5.73 Å². The van der Waals surface area contributed by atoms with Crippen LogP contribution < -0.4 is 5.73 Å². The molecule has 0 radical (unpaired) electrons. The van der Waals surface area contributed by atoms with Crippen LogP contribution in [0.3, 0.4) is 0 Å². The van der Waals surface area contributed by atoms with Crippen molar-refractivity contribution >= 4 is 5.82 Å². The topological polar surface area (TPSA) is 43.8 Å². The number of hydrogen-bond donors (Lipinski definition) is 1. The highest BCUT2D eigenvalue weighted by atomic mass is 19.1. The summed E-state index contributed by atoms with van der Waals surface area (Å²) in [5, 5.41) is 4.09. The Hall–Kier alpha value is -1.84. The zero-order chi connectivity index (χ0) is 11.0. The number of anilines is 1. The first-order valence-corrected chi connectivity index (χ1v) is 4.64. The maximum absolute atomic E-state index is 13.1. The van der Waals surface area contributed by atoms with Crippen molar-refractivity contribution in [1.29, 1.82) is 0 Å². The van der Waals surface area contributed by atoms with E-state index in [1.807, 2.05) is 20.0 Å². The summed E-state index contributed by atoms with van der Waals surface area (Å²) in [6, 6.07) is 6.35. The first kappa shape index (κ1) is 9.71. The Labute approximate surface area is 87.3 Å². The van der Waals surface area contributed by atoms with Gasteiger partial charge in [-0.25, -0.2) is 4.39 Å². The molecular formula is C11H12FN3. The summed E-state index contributed by atoms with van der Waals surface area (Å²) in [6.07, 6.45) is 0. The molecule has 3 nitrogen and oxygen atoms in total. The van der Waals surface area contributed by atoms with Gasteiger partial charge in [0.05, 0.1) is 0 Å². The molecule has 0 atom stereocenters. The maximum atomic E-state index is 13.1. The van der Waals surface area contributed by atoms with Crippen LogP contribution in [-0.2, 0) is 7.05 Å². The highest BCUT2D eigenvalue weighted by Crippen LogP contribution is 2.28. The third-order valence-electron chi connectivity index (χ3n) is 2.47. The molecule has 0 unspecified atom stereocenters. The Bertz CT molecular complexity index is 503. The quantitative estimate of drug-likeness (QED) is 0.774. The SMILES string of the molecule is Cc1c(-c2cccc(F)c2)c(N)nn1C. The summed E-state index contributed by atoms with van der Waals surface area (Å²) in [5.41, 5.74) is 8.26. The van der Waals surface area contributed by atoms with Crippen molar-refractivity contribution in [1.82, 2.24) is 9.78 Å². The third kappa shape index (κ3) is 1.58. The van der Waals surface area contributed by atoms with E-state index in [1.54, 1.807) is 10.7 Å². The van der Waals surface area contributed by atoms with Gasteiger partial charge in [0, 0.05) is 18.3 Å². The van der Waals surface area contributed by atoms with E-state index < -0.39 is 0 Å². The van der Waals surface area contributed by atoms with Crippen molar-refractivity contribution in [2.24, 2.45) is 7.05 Å². The van der Waals surface area contributed by atoms with Crippen molar-refractivity contribution < 1.29 is 4.39 Å². The molecular weight excluding hydrogens is 193 g/mol. The Morgan fingerprint density at radius 2 is 2.13 bits per heavy atom. The number of hydrogen-bond acceptors (Lipinski definition) is 2. The Kier molecular flexibility index (Phi) is 2.19. The fourth-order valence-corrected chi connectivity index (χ4v) is 1.63. The van der Waals surface area contributed by atoms with Crippen LogP contribution in [0.5, 0.6) is 0 Å². The van der Waals surface area contributed by atoms with Crippen molar-refractivity contribution in [3.05, 3.63) is 35.8 Å². The highest BCUT2D eigenvalue weighted by molar-refractivity contribution is 5.76. The van der Waals surface area contributed by atoms with Crippen LogP contribution in [0.2, 0.25) is 0 Å². The summed E-state index contributed by atoms with van der Waals surface area (Å²) in [7, 11) is 1.81. The molecule has 0 saturated heterocycles. The molecule has 2 rings (SSSR count). The van der Waals surface area contributed by atoms with E-state index in [2.05, 4.69) is 5.10 Å². The molecule has 0 aliphatic heterocycles. The van der Waals surface area contributed by atoms with Crippen LogP contribution in [0.15, 0.2) is 24.3 Å². The molecule has 0 aliphatic carbocycles. The predicted octanol–water partition coefficient (Wildman–Crippen LogP) is 2.12. The lowest BCUT2D eigenvalue weighted by molar-refractivity contribution is 0.628. The molecule has 0 saturated carbocycles. The summed E-state index contributed by atoms with van der Waals surface area (Å²) in [4.78, 5) is 0. The summed E-state index contributed by atoms with van der Waals surface area (Å²) in [6.45, 7) is 1.91. The lowest BCUT2D eigenvalue weighted by Gasteiger charge is -2.01. The summed E-state index contributed by atoms with van der Waals surface area (Å²) < 4.78 is 14.7. The van der Waals surface area contributed by atoms with Gasteiger partial charge in [0.2, 0.25) is 0 Å². The van der Waals surface area contributed by atoms with Crippen LogP contribution in [0.25, 0.3) is 11.1 Å². The van der Waals surface area contributed by atoms with Crippen LogP contribution in [0.1, 0.15) is 5.69 Å². The molecule has 1 heterocycles. The second kappa shape index (κ2) is 3.38. The number of halogens is 1. The molecule has 1 aromatic heterocycles. The summed E-state index contributed by atoms with van der Waals surface area (Å²) in [5.74, 6) is 0.163. The minimum absolute atomic E-state index is 0.268. The fourth-order valence-electron chi connectivity index (χ4n) is 1.63. The molecule has 15 heavy (non-hydrogen) atoms.